The maximum absolute atomic E-state index is 11.8. The van der Waals surface area contributed by atoms with Gasteiger partial charge in [0.05, 0.1) is 17.2 Å². The minimum Gasteiger partial charge on any atom is -0.368 e. The highest BCUT2D eigenvalue weighted by atomic mass is 35.5. The number of carbonyl (C=O) groups excluding carboxylic acids is 1. The van der Waals surface area contributed by atoms with Crippen molar-refractivity contribution in [1.82, 2.24) is 9.55 Å². The van der Waals surface area contributed by atoms with Crippen LogP contribution in [0.2, 0.25) is 5.02 Å². The number of primary amides is 1. The first-order valence-electron chi connectivity index (χ1n) is 4.51. The second kappa shape index (κ2) is 3.94. The summed E-state index contributed by atoms with van der Waals surface area (Å²) in [6.45, 7) is -0.176. The van der Waals surface area contributed by atoms with Crippen LogP contribution in [0, 0.1) is 0 Å². The van der Waals surface area contributed by atoms with Crippen molar-refractivity contribution in [2.24, 2.45) is 5.73 Å². The van der Waals surface area contributed by atoms with Gasteiger partial charge in [-0.1, -0.05) is 11.6 Å². The van der Waals surface area contributed by atoms with E-state index in [1.54, 1.807) is 18.2 Å². The van der Waals surface area contributed by atoms with Gasteiger partial charge in [0, 0.05) is 5.02 Å². The average Bonchev–Trinajstić information content (AvgIpc) is 2.22. The van der Waals surface area contributed by atoms with E-state index >= 15 is 0 Å². The summed E-state index contributed by atoms with van der Waals surface area (Å²) in [5.74, 6) is -0.586. The van der Waals surface area contributed by atoms with Crippen LogP contribution in [-0.4, -0.2) is 15.5 Å². The number of hydrogen-bond donors (Lipinski definition) is 1. The number of aromatic nitrogens is 2. The molecule has 0 aliphatic rings. The quantitative estimate of drug-likeness (QED) is 0.828. The molecule has 0 atom stereocenters. The van der Waals surface area contributed by atoms with Crippen molar-refractivity contribution in [2.45, 2.75) is 6.54 Å². The van der Waals surface area contributed by atoms with E-state index in [0.717, 1.165) is 0 Å². The van der Waals surface area contributed by atoms with Crippen LogP contribution < -0.4 is 11.3 Å². The number of halogens is 1. The summed E-state index contributed by atoms with van der Waals surface area (Å²) in [5, 5.41) is 0.917. The van der Waals surface area contributed by atoms with Crippen molar-refractivity contribution in [3.05, 3.63) is 39.9 Å². The normalized spacial score (nSPS) is 10.6. The smallest absolute Gasteiger partial charge is 0.261 e. The minimum atomic E-state index is -0.586. The van der Waals surface area contributed by atoms with Gasteiger partial charge < -0.3 is 5.73 Å². The Kier molecular flexibility index (Phi) is 2.62. The molecule has 0 aliphatic carbocycles. The molecule has 1 aromatic carbocycles. The van der Waals surface area contributed by atoms with Crippen molar-refractivity contribution in [3.63, 3.8) is 0 Å². The molecule has 0 radical (unpaired) electrons. The summed E-state index contributed by atoms with van der Waals surface area (Å²) in [5.41, 5.74) is 5.21. The first kappa shape index (κ1) is 10.6. The van der Waals surface area contributed by atoms with Crippen LogP contribution in [0.4, 0.5) is 0 Å². The van der Waals surface area contributed by atoms with E-state index < -0.39 is 5.91 Å². The Morgan fingerprint density at radius 1 is 1.50 bits per heavy atom. The van der Waals surface area contributed by atoms with E-state index in [1.807, 2.05) is 0 Å². The first-order valence-corrected chi connectivity index (χ1v) is 4.89. The zero-order valence-corrected chi connectivity index (χ0v) is 8.94. The van der Waals surface area contributed by atoms with Gasteiger partial charge in [-0.3, -0.25) is 14.2 Å². The zero-order valence-electron chi connectivity index (χ0n) is 8.18. The van der Waals surface area contributed by atoms with Crippen LogP contribution in [0.3, 0.4) is 0 Å². The number of nitrogens with zero attached hydrogens (tertiary/aromatic N) is 2. The fourth-order valence-electron chi connectivity index (χ4n) is 1.41. The molecule has 0 fully saturated rings. The lowest BCUT2D eigenvalue weighted by Gasteiger charge is -2.03. The molecule has 2 N–H and O–H groups in total. The molecule has 0 spiro atoms. The monoisotopic (exact) mass is 237 g/mol. The SMILES string of the molecule is NC(=O)Cn1cnc2cc(Cl)ccc2c1=O. The second-order valence-electron chi connectivity index (χ2n) is 3.31. The van der Waals surface area contributed by atoms with E-state index in [0.29, 0.717) is 15.9 Å². The van der Waals surface area contributed by atoms with E-state index in [1.165, 1.54) is 10.9 Å². The molecule has 0 unspecified atom stereocenters. The van der Waals surface area contributed by atoms with Gasteiger partial charge in [-0.05, 0) is 18.2 Å². The molecule has 1 heterocycles. The number of amides is 1. The number of benzene rings is 1. The number of fused-ring (bicyclic) bond motifs is 1. The fourth-order valence-corrected chi connectivity index (χ4v) is 1.58. The van der Waals surface area contributed by atoms with Crippen molar-refractivity contribution in [1.29, 1.82) is 0 Å². The Morgan fingerprint density at radius 3 is 2.94 bits per heavy atom. The van der Waals surface area contributed by atoms with E-state index in [2.05, 4.69) is 4.98 Å². The van der Waals surface area contributed by atoms with Crippen LogP contribution in [0.25, 0.3) is 10.9 Å². The number of rotatable bonds is 2. The Balaban J connectivity index is 2.66. The molecule has 0 saturated heterocycles. The number of nitrogens with two attached hydrogens (primary N) is 1. The topological polar surface area (TPSA) is 78.0 Å². The Labute approximate surface area is 95.5 Å². The van der Waals surface area contributed by atoms with Crippen molar-refractivity contribution in [3.8, 4) is 0 Å². The second-order valence-corrected chi connectivity index (χ2v) is 3.74. The predicted molar refractivity (Wildman–Crippen MR) is 60.2 cm³/mol. The van der Waals surface area contributed by atoms with Crippen LogP contribution >= 0.6 is 11.6 Å². The van der Waals surface area contributed by atoms with Crippen LogP contribution in [0.5, 0.6) is 0 Å². The highest BCUT2D eigenvalue weighted by Gasteiger charge is 2.05. The van der Waals surface area contributed by atoms with Crippen molar-refractivity contribution < 1.29 is 4.79 Å². The Hall–Kier alpha value is -1.88. The molecule has 0 bridgehead atoms. The third-order valence-electron chi connectivity index (χ3n) is 2.11. The first-order chi connectivity index (χ1) is 7.58. The third kappa shape index (κ3) is 1.90. The summed E-state index contributed by atoms with van der Waals surface area (Å²) in [4.78, 5) is 26.6. The standard InChI is InChI=1S/C10H8ClN3O2/c11-6-1-2-7-8(3-6)13-5-14(10(7)16)4-9(12)15/h1-3,5H,4H2,(H2,12,15). The third-order valence-corrected chi connectivity index (χ3v) is 2.35. The summed E-state index contributed by atoms with van der Waals surface area (Å²) in [6.07, 6.45) is 1.28. The molecule has 5 nitrogen and oxygen atoms in total. The van der Waals surface area contributed by atoms with Crippen molar-refractivity contribution >= 4 is 28.4 Å². The van der Waals surface area contributed by atoms with Crippen molar-refractivity contribution in [2.75, 3.05) is 0 Å². The lowest BCUT2D eigenvalue weighted by molar-refractivity contribution is -0.118. The molecule has 0 saturated carbocycles. The van der Waals surface area contributed by atoms with Crippen LogP contribution in [0.15, 0.2) is 29.3 Å². The van der Waals surface area contributed by atoms with Gasteiger partial charge in [0.2, 0.25) is 5.91 Å². The van der Waals surface area contributed by atoms with Gasteiger partial charge in [0.25, 0.3) is 5.56 Å². The number of hydrogen-bond acceptors (Lipinski definition) is 3. The average molecular weight is 238 g/mol. The van der Waals surface area contributed by atoms with Gasteiger partial charge in [-0.2, -0.15) is 0 Å². The molecule has 2 aromatic rings. The van der Waals surface area contributed by atoms with Crippen LogP contribution in [-0.2, 0) is 11.3 Å². The van der Waals surface area contributed by atoms with Gasteiger partial charge >= 0.3 is 0 Å². The number of carbonyl (C=O) groups is 1. The summed E-state index contributed by atoms with van der Waals surface area (Å²) in [7, 11) is 0. The summed E-state index contributed by atoms with van der Waals surface area (Å²) in [6, 6.07) is 4.76. The molecule has 1 amide bonds. The molecule has 6 heteroatoms. The van der Waals surface area contributed by atoms with E-state index in [4.69, 9.17) is 17.3 Å². The molecule has 2 rings (SSSR count). The van der Waals surface area contributed by atoms with Crippen LogP contribution in [0.1, 0.15) is 0 Å². The predicted octanol–water partition coefficient (Wildman–Crippen LogP) is 0.535. The Bertz CT molecular complexity index is 621. The molecule has 16 heavy (non-hydrogen) atoms. The lowest BCUT2D eigenvalue weighted by Crippen LogP contribution is -2.28. The minimum absolute atomic E-state index is 0.176. The molecule has 1 aromatic heterocycles. The zero-order chi connectivity index (χ0) is 11.7. The van der Waals surface area contributed by atoms with Gasteiger partial charge in [0.15, 0.2) is 0 Å². The van der Waals surface area contributed by atoms with E-state index in [-0.39, 0.29) is 12.1 Å². The Morgan fingerprint density at radius 2 is 2.25 bits per heavy atom. The van der Waals surface area contributed by atoms with Gasteiger partial charge in [-0.25, -0.2) is 4.98 Å². The fraction of sp³-hybridized carbons (Fsp3) is 0.100. The highest BCUT2D eigenvalue weighted by Crippen LogP contribution is 2.13. The van der Waals surface area contributed by atoms with Gasteiger partial charge in [0.1, 0.15) is 6.54 Å². The molecular weight excluding hydrogens is 230 g/mol. The maximum Gasteiger partial charge on any atom is 0.261 e. The molecular formula is C10H8ClN3O2. The van der Waals surface area contributed by atoms with Gasteiger partial charge in [-0.15, -0.1) is 0 Å². The highest BCUT2D eigenvalue weighted by molar-refractivity contribution is 6.31. The lowest BCUT2D eigenvalue weighted by atomic mass is 10.2. The molecule has 0 aliphatic heterocycles. The summed E-state index contributed by atoms with van der Waals surface area (Å²) < 4.78 is 1.17. The summed E-state index contributed by atoms with van der Waals surface area (Å²) >= 11 is 5.77. The maximum atomic E-state index is 11.8. The van der Waals surface area contributed by atoms with E-state index in [9.17, 15) is 9.59 Å². The largest absolute Gasteiger partial charge is 0.368 e. The molecule has 82 valence electrons.